The Morgan fingerprint density at radius 2 is 2.00 bits per heavy atom. The summed E-state index contributed by atoms with van der Waals surface area (Å²) in [6, 6.07) is -0.393. The lowest BCUT2D eigenvalue weighted by Gasteiger charge is -2.35. The first-order valence-electron chi connectivity index (χ1n) is 4.18. The van der Waals surface area contributed by atoms with Crippen molar-refractivity contribution >= 4 is 11.9 Å². The topological polar surface area (TPSA) is 78.7 Å². The number of hydrogen-bond acceptors (Lipinski definition) is 4. The quantitative estimate of drug-likeness (QED) is 0.524. The molecule has 0 bridgehead atoms. The molecule has 0 aromatic rings. The smallest absolute Gasteiger partial charge is 0.327 e. The Balaban J connectivity index is 3.04. The Bertz CT molecular complexity index is 300. The third kappa shape index (κ3) is 1.44. The third-order valence-electron chi connectivity index (χ3n) is 2.18. The summed E-state index contributed by atoms with van der Waals surface area (Å²) >= 11 is 0. The minimum absolute atomic E-state index is 0.366. The molecular formula is C8H14N4O2. The molecule has 0 aliphatic carbocycles. The fraction of sp³-hybridized carbons (Fsp3) is 0.500. The van der Waals surface area contributed by atoms with Crippen LogP contribution in [-0.2, 0) is 4.79 Å². The zero-order valence-corrected chi connectivity index (χ0v) is 8.44. The van der Waals surface area contributed by atoms with E-state index in [-0.39, 0.29) is 5.91 Å². The first-order chi connectivity index (χ1) is 6.50. The van der Waals surface area contributed by atoms with E-state index >= 15 is 0 Å². The number of rotatable bonds is 1. The van der Waals surface area contributed by atoms with E-state index in [1.165, 1.54) is 18.1 Å². The summed E-state index contributed by atoms with van der Waals surface area (Å²) < 4.78 is 0. The van der Waals surface area contributed by atoms with Crippen LogP contribution in [0.3, 0.4) is 0 Å². The summed E-state index contributed by atoms with van der Waals surface area (Å²) in [7, 11) is 4.65. The standard InChI is InChI=1S/C8H14N4O2/c1-10-4-5-6(9)11(2)8(14)12(3)7(5)13/h4,6,10H,9H2,1-3H3. The summed E-state index contributed by atoms with van der Waals surface area (Å²) in [6.45, 7) is 0. The van der Waals surface area contributed by atoms with Crippen molar-refractivity contribution < 1.29 is 9.59 Å². The van der Waals surface area contributed by atoms with Crippen molar-refractivity contribution in [1.82, 2.24) is 15.1 Å². The Labute approximate surface area is 82.3 Å². The lowest BCUT2D eigenvalue weighted by atomic mass is 10.1. The van der Waals surface area contributed by atoms with Gasteiger partial charge < -0.3 is 16.0 Å². The molecule has 1 saturated heterocycles. The zero-order valence-electron chi connectivity index (χ0n) is 8.44. The molecule has 0 aromatic heterocycles. The number of carbonyl (C=O) groups is 2. The second kappa shape index (κ2) is 3.67. The highest BCUT2D eigenvalue weighted by atomic mass is 16.2. The molecule has 1 fully saturated rings. The number of amides is 3. The number of hydrogen-bond donors (Lipinski definition) is 2. The maximum Gasteiger partial charge on any atom is 0.327 e. The number of nitrogens with two attached hydrogens (primary N) is 1. The lowest BCUT2D eigenvalue weighted by Crippen LogP contribution is -2.58. The minimum Gasteiger partial charge on any atom is -0.393 e. The molecule has 1 heterocycles. The van der Waals surface area contributed by atoms with Crippen molar-refractivity contribution in [3.05, 3.63) is 11.8 Å². The Kier molecular flexibility index (Phi) is 2.76. The highest BCUT2D eigenvalue weighted by molar-refractivity contribution is 6.07. The van der Waals surface area contributed by atoms with Crippen molar-refractivity contribution in [3.63, 3.8) is 0 Å². The molecule has 1 aliphatic rings. The van der Waals surface area contributed by atoms with Crippen LogP contribution in [0.25, 0.3) is 0 Å². The predicted octanol–water partition coefficient (Wildman–Crippen LogP) is -1.10. The van der Waals surface area contributed by atoms with Gasteiger partial charge in [0.25, 0.3) is 5.91 Å². The normalized spacial score (nSPS) is 26.0. The number of urea groups is 1. The minimum atomic E-state index is -0.682. The summed E-state index contributed by atoms with van der Waals surface area (Å²) in [5.41, 5.74) is 6.07. The Hall–Kier alpha value is -1.56. The molecule has 0 radical (unpaired) electrons. The molecule has 1 atom stereocenters. The molecule has 78 valence electrons. The van der Waals surface area contributed by atoms with Gasteiger partial charge in [-0.15, -0.1) is 0 Å². The number of imide groups is 1. The molecule has 3 N–H and O–H groups in total. The average Bonchev–Trinajstić information content (AvgIpc) is 2.19. The van der Waals surface area contributed by atoms with E-state index < -0.39 is 12.2 Å². The van der Waals surface area contributed by atoms with Gasteiger partial charge in [-0.25, -0.2) is 4.79 Å². The van der Waals surface area contributed by atoms with Crippen LogP contribution in [0.1, 0.15) is 0 Å². The molecule has 1 aliphatic heterocycles. The van der Waals surface area contributed by atoms with E-state index in [0.717, 1.165) is 4.90 Å². The highest BCUT2D eigenvalue weighted by Gasteiger charge is 2.36. The van der Waals surface area contributed by atoms with E-state index in [1.807, 2.05) is 0 Å². The molecule has 0 spiro atoms. The van der Waals surface area contributed by atoms with E-state index in [9.17, 15) is 9.59 Å². The molecule has 3 amide bonds. The van der Waals surface area contributed by atoms with Crippen LogP contribution >= 0.6 is 0 Å². The summed E-state index contributed by atoms with van der Waals surface area (Å²) in [5.74, 6) is -0.366. The zero-order chi connectivity index (χ0) is 10.9. The number of carbonyl (C=O) groups excluding carboxylic acids is 2. The van der Waals surface area contributed by atoms with Crippen molar-refractivity contribution in [2.45, 2.75) is 6.17 Å². The highest BCUT2D eigenvalue weighted by Crippen LogP contribution is 2.15. The van der Waals surface area contributed by atoms with Crippen LogP contribution in [-0.4, -0.2) is 49.0 Å². The lowest BCUT2D eigenvalue weighted by molar-refractivity contribution is -0.126. The van der Waals surface area contributed by atoms with Crippen molar-refractivity contribution in [2.24, 2.45) is 5.73 Å². The number of nitrogens with zero attached hydrogens (tertiary/aromatic N) is 2. The van der Waals surface area contributed by atoms with Gasteiger partial charge in [0.2, 0.25) is 0 Å². The van der Waals surface area contributed by atoms with Crippen LogP contribution < -0.4 is 11.1 Å². The van der Waals surface area contributed by atoms with Crippen LogP contribution in [0.2, 0.25) is 0 Å². The van der Waals surface area contributed by atoms with Crippen LogP contribution in [0, 0.1) is 0 Å². The van der Waals surface area contributed by atoms with Gasteiger partial charge in [-0.1, -0.05) is 0 Å². The molecule has 1 rings (SSSR count). The SMILES string of the molecule is CNC=C1C(=O)N(C)C(=O)N(C)C1N. The van der Waals surface area contributed by atoms with Gasteiger partial charge in [0.15, 0.2) is 0 Å². The van der Waals surface area contributed by atoms with E-state index in [2.05, 4.69) is 5.32 Å². The summed E-state index contributed by atoms with van der Waals surface area (Å²) in [5, 5.41) is 2.73. The Morgan fingerprint density at radius 1 is 1.43 bits per heavy atom. The van der Waals surface area contributed by atoms with Gasteiger partial charge in [-0.2, -0.15) is 0 Å². The fourth-order valence-electron chi connectivity index (χ4n) is 1.27. The first kappa shape index (κ1) is 10.5. The monoisotopic (exact) mass is 198 g/mol. The van der Waals surface area contributed by atoms with Gasteiger partial charge in [-0.3, -0.25) is 9.69 Å². The second-order valence-electron chi connectivity index (χ2n) is 3.09. The molecule has 14 heavy (non-hydrogen) atoms. The Morgan fingerprint density at radius 3 is 2.50 bits per heavy atom. The van der Waals surface area contributed by atoms with Gasteiger partial charge in [0.1, 0.15) is 6.17 Å². The second-order valence-corrected chi connectivity index (χ2v) is 3.09. The van der Waals surface area contributed by atoms with Gasteiger partial charge in [0.05, 0.1) is 5.57 Å². The van der Waals surface area contributed by atoms with Crippen LogP contribution in [0.15, 0.2) is 11.8 Å². The number of likely N-dealkylation sites (N-methyl/N-ethyl adjacent to an activating group) is 2. The van der Waals surface area contributed by atoms with E-state index in [0.29, 0.717) is 5.57 Å². The molecule has 0 saturated carbocycles. The number of nitrogens with one attached hydrogen (secondary N) is 1. The van der Waals surface area contributed by atoms with Gasteiger partial charge >= 0.3 is 6.03 Å². The van der Waals surface area contributed by atoms with Crippen LogP contribution in [0.4, 0.5) is 4.79 Å². The van der Waals surface area contributed by atoms with Crippen molar-refractivity contribution in [1.29, 1.82) is 0 Å². The third-order valence-corrected chi connectivity index (χ3v) is 2.18. The summed E-state index contributed by atoms with van der Waals surface area (Å²) in [6.07, 6.45) is 0.825. The van der Waals surface area contributed by atoms with Gasteiger partial charge in [0, 0.05) is 27.3 Å². The first-order valence-corrected chi connectivity index (χ1v) is 4.18. The fourth-order valence-corrected chi connectivity index (χ4v) is 1.27. The maximum absolute atomic E-state index is 11.6. The predicted molar refractivity (Wildman–Crippen MR) is 51.0 cm³/mol. The molecule has 6 nitrogen and oxygen atoms in total. The molecule has 0 aromatic carbocycles. The molecule has 1 unspecified atom stereocenters. The maximum atomic E-state index is 11.6. The summed E-state index contributed by atoms with van der Waals surface area (Å²) in [4.78, 5) is 25.3. The van der Waals surface area contributed by atoms with E-state index in [1.54, 1.807) is 14.1 Å². The van der Waals surface area contributed by atoms with Crippen molar-refractivity contribution in [3.8, 4) is 0 Å². The van der Waals surface area contributed by atoms with Gasteiger partial charge in [-0.05, 0) is 0 Å². The largest absolute Gasteiger partial charge is 0.393 e. The van der Waals surface area contributed by atoms with Crippen molar-refractivity contribution in [2.75, 3.05) is 21.1 Å². The average molecular weight is 198 g/mol. The molecular weight excluding hydrogens is 184 g/mol. The van der Waals surface area contributed by atoms with Crippen LogP contribution in [0.5, 0.6) is 0 Å². The van der Waals surface area contributed by atoms with E-state index in [4.69, 9.17) is 5.73 Å². The molecule has 6 heteroatoms.